The number of hydroxylamine groups is 3. The maximum absolute atomic E-state index is 13.9. The molecule has 160 valence electrons. The van der Waals surface area contributed by atoms with Crippen LogP contribution >= 0.6 is 0 Å². The van der Waals surface area contributed by atoms with Gasteiger partial charge in [0, 0.05) is 22.9 Å². The molecule has 2 aromatic carbocycles. The van der Waals surface area contributed by atoms with E-state index in [4.69, 9.17) is 4.74 Å². The van der Waals surface area contributed by atoms with E-state index in [1.807, 2.05) is 24.3 Å². The van der Waals surface area contributed by atoms with Gasteiger partial charge >= 0.3 is 12.1 Å². The Kier molecular flexibility index (Phi) is 4.61. The molecule has 0 bridgehead atoms. The predicted molar refractivity (Wildman–Crippen MR) is 102 cm³/mol. The Hall–Kier alpha value is -2.62. The van der Waals surface area contributed by atoms with Crippen molar-refractivity contribution in [2.24, 2.45) is 0 Å². The Bertz CT molecular complexity index is 981. The number of amides is 1. The summed E-state index contributed by atoms with van der Waals surface area (Å²) in [5.74, 6) is -1.93. The lowest BCUT2D eigenvalue weighted by Gasteiger charge is -2.52. The number of halogens is 3. The van der Waals surface area contributed by atoms with Crippen molar-refractivity contribution < 1.29 is 32.5 Å². The van der Waals surface area contributed by atoms with E-state index >= 15 is 0 Å². The summed E-state index contributed by atoms with van der Waals surface area (Å²) < 4.78 is 42.8. The molecule has 0 unspecified atom stereocenters. The van der Waals surface area contributed by atoms with Crippen molar-refractivity contribution in [3.8, 4) is 5.75 Å². The second-order valence-corrected chi connectivity index (χ2v) is 8.34. The molecular weight excluding hydrogens is 401 g/mol. The number of quaternary nitrogens is 1. The number of nitrogens with zero attached hydrogens (tertiary/aromatic N) is 1. The standard InChI is InChI=1S/C21H21F3N2O4/c1-20(2)18(27)17(26(29)10-12-5-3-4-6-13(12)11-26)15-8-7-14(9-16(15)30-20)25-19(28)21(22,23)24/h3-9,17-18,27H,10-11H2,1-2H3,(H,25,28)/t17-,18+/m0/s1. The molecule has 2 atom stereocenters. The number of fused-ring (bicyclic) bond motifs is 2. The Labute approximate surface area is 171 Å². The average Bonchev–Trinajstić information content (AvgIpc) is 2.98. The summed E-state index contributed by atoms with van der Waals surface area (Å²) in [5, 5.41) is 26.7. The number of benzene rings is 2. The highest BCUT2D eigenvalue weighted by Crippen LogP contribution is 2.49. The second-order valence-electron chi connectivity index (χ2n) is 8.34. The summed E-state index contributed by atoms with van der Waals surface area (Å²) in [7, 11) is 0. The van der Waals surface area contributed by atoms with Gasteiger partial charge in [-0.15, -0.1) is 0 Å². The van der Waals surface area contributed by atoms with E-state index in [0.717, 1.165) is 11.1 Å². The van der Waals surface area contributed by atoms with Gasteiger partial charge in [-0.2, -0.15) is 13.2 Å². The topological polar surface area (TPSA) is 81.6 Å². The van der Waals surface area contributed by atoms with Crippen molar-refractivity contribution in [1.82, 2.24) is 0 Å². The van der Waals surface area contributed by atoms with Gasteiger partial charge in [-0.25, -0.2) is 0 Å². The Morgan fingerprint density at radius 2 is 1.80 bits per heavy atom. The van der Waals surface area contributed by atoms with E-state index in [2.05, 4.69) is 0 Å². The molecule has 2 aromatic rings. The van der Waals surface area contributed by atoms with Crippen LogP contribution in [0.25, 0.3) is 0 Å². The highest BCUT2D eigenvalue weighted by molar-refractivity contribution is 5.95. The highest BCUT2D eigenvalue weighted by atomic mass is 19.4. The third-order valence-corrected chi connectivity index (χ3v) is 5.73. The lowest BCUT2D eigenvalue weighted by molar-refractivity contribution is -0.935. The summed E-state index contributed by atoms with van der Waals surface area (Å²) in [6.45, 7) is 3.56. The van der Waals surface area contributed by atoms with Crippen molar-refractivity contribution in [2.45, 2.75) is 50.9 Å². The van der Waals surface area contributed by atoms with Gasteiger partial charge in [0.15, 0.2) is 0 Å². The number of carbonyl (C=O) groups is 1. The normalized spacial score (nSPS) is 23.8. The van der Waals surface area contributed by atoms with Gasteiger partial charge in [-0.3, -0.25) is 4.79 Å². The van der Waals surface area contributed by atoms with Crippen LogP contribution in [0.3, 0.4) is 0 Å². The molecular formula is C21H21F3N2O4. The molecule has 4 rings (SSSR count). The zero-order chi connectivity index (χ0) is 21.9. The minimum atomic E-state index is -5.03. The highest BCUT2D eigenvalue weighted by Gasteiger charge is 2.52. The molecule has 9 heteroatoms. The van der Waals surface area contributed by atoms with Gasteiger partial charge in [0.1, 0.15) is 36.6 Å². The minimum absolute atomic E-state index is 0.107. The fourth-order valence-corrected chi connectivity index (χ4v) is 4.25. The molecule has 0 fully saturated rings. The van der Waals surface area contributed by atoms with Crippen LogP contribution < -0.4 is 10.1 Å². The van der Waals surface area contributed by atoms with Crippen molar-refractivity contribution in [3.63, 3.8) is 0 Å². The summed E-state index contributed by atoms with van der Waals surface area (Å²) in [6.07, 6.45) is -6.17. The lowest BCUT2D eigenvalue weighted by atomic mass is 9.85. The third kappa shape index (κ3) is 3.42. The monoisotopic (exact) mass is 422 g/mol. The van der Waals surface area contributed by atoms with E-state index in [9.17, 15) is 28.3 Å². The number of hydrogen-bond donors (Lipinski definition) is 2. The summed E-state index contributed by atoms with van der Waals surface area (Å²) >= 11 is 0. The van der Waals surface area contributed by atoms with Gasteiger partial charge in [-0.05, 0) is 26.0 Å². The first-order valence-corrected chi connectivity index (χ1v) is 9.44. The fraction of sp³-hybridized carbons (Fsp3) is 0.381. The van der Waals surface area contributed by atoms with Gasteiger partial charge in [0.25, 0.3) is 0 Å². The summed E-state index contributed by atoms with van der Waals surface area (Å²) in [4.78, 5) is 11.3. The quantitative estimate of drug-likeness (QED) is 0.570. The van der Waals surface area contributed by atoms with Crippen LogP contribution in [0.15, 0.2) is 42.5 Å². The number of carbonyl (C=O) groups excluding carboxylic acids is 1. The number of alkyl halides is 3. The van der Waals surface area contributed by atoms with Gasteiger partial charge in [0.2, 0.25) is 0 Å². The number of nitrogens with one attached hydrogen (secondary N) is 1. The molecule has 6 nitrogen and oxygen atoms in total. The molecule has 0 radical (unpaired) electrons. The van der Waals surface area contributed by atoms with E-state index in [1.54, 1.807) is 19.2 Å². The minimum Gasteiger partial charge on any atom is -0.632 e. The van der Waals surface area contributed by atoms with E-state index in [-0.39, 0.29) is 24.5 Å². The van der Waals surface area contributed by atoms with Gasteiger partial charge < -0.3 is 25.0 Å². The molecule has 2 aliphatic rings. The molecule has 0 aliphatic carbocycles. The van der Waals surface area contributed by atoms with E-state index in [1.165, 1.54) is 18.2 Å². The van der Waals surface area contributed by atoms with Crippen LogP contribution in [0.4, 0.5) is 18.9 Å². The van der Waals surface area contributed by atoms with Crippen molar-refractivity contribution in [1.29, 1.82) is 0 Å². The van der Waals surface area contributed by atoms with Crippen molar-refractivity contribution >= 4 is 11.6 Å². The molecule has 0 saturated carbocycles. The third-order valence-electron chi connectivity index (χ3n) is 5.73. The molecule has 0 saturated heterocycles. The van der Waals surface area contributed by atoms with Gasteiger partial charge in [-0.1, -0.05) is 24.3 Å². The Balaban J connectivity index is 1.72. The first kappa shape index (κ1) is 20.6. The molecule has 2 heterocycles. The number of ether oxygens (including phenoxy) is 1. The zero-order valence-corrected chi connectivity index (χ0v) is 16.4. The molecule has 2 N–H and O–H groups in total. The van der Waals surface area contributed by atoms with Crippen LogP contribution in [0.1, 0.15) is 36.6 Å². The number of rotatable bonds is 2. The Morgan fingerprint density at radius 1 is 1.20 bits per heavy atom. The molecule has 0 aromatic heterocycles. The van der Waals surface area contributed by atoms with Crippen LogP contribution in [0, 0.1) is 5.21 Å². The maximum atomic E-state index is 13.9. The van der Waals surface area contributed by atoms with Crippen LogP contribution in [-0.2, 0) is 17.9 Å². The smallest absolute Gasteiger partial charge is 0.471 e. The fourth-order valence-electron chi connectivity index (χ4n) is 4.25. The largest absolute Gasteiger partial charge is 0.632 e. The van der Waals surface area contributed by atoms with Crippen molar-refractivity contribution in [3.05, 3.63) is 64.4 Å². The second kappa shape index (κ2) is 6.69. The number of anilines is 1. The van der Waals surface area contributed by atoms with Crippen LogP contribution in [0.5, 0.6) is 5.75 Å². The maximum Gasteiger partial charge on any atom is 0.471 e. The van der Waals surface area contributed by atoms with Gasteiger partial charge in [0.05, 0.1) is 5.56 Å². The number of aliphatic hydroxyl groups is 1. The molecule has 1 amide bonds. The van der Waals surface area contributed by atoms with E-state index < -0.39 is 34.5 Å². The zero-order valence-electron chi connectivity index (χ0n) is 16.4. The predicted octanol–water partition coefficient (Wildman–Crippen LogP) is 3.79. The average molecular weight is 422 g/mol. The SMILES string of the molecule is CC1(C)Oc2cc(NC(=O)C(F)(F)F)ccc2[C@H]([N+]2([O-])Cc3ccccc3C2)[C@H]1O. The van der Waals surface area contributed by atoms with E-state index in [0.29, 0.717) is 5.56 Å². The number of hydrogen-bond acceptors (Lipinski definition) is 4. The molecule has 30 heavy (non-hydrogen) atoms. The van der Waals surface area contributed by atoms with Crippen molar-refractivity contribution in [2.75, 3.05) is 5.32 Å². The molecule has 2 aliphatic heterocycles. The van der Waals surface area contributed by atoms with Crippen LogP contribution in [-0.4, -0.2) is 33.5 Å². The first-order valence-electron chi connectivity index (χ1n) is 9.44. The first-order chi connectivity index (χ1) is 13.9. The lowest BCUT2D eigenvalue weighted by Crippen LogP contribution is -2.57. The molecule has 0 spiro atoms. The number of aliphatic hydroxyl groups excluding tert-OH is 1. The van der Waals surface area contributed by atoms with Crippen LogP contribution in [0.2, 0.25) is 0 Å². The Morgan fingerprint density at radius 3 is 2.37 bits per heavy atom. The summed E-state index contributed by atoms with van der Waals surface area (Å²) in [6, 6.07) is 10.5. The summed E-state index contributed by atoms with van der Waals surface area (Å²) in [5.41, 5.74) is 0.937.